The Bertz CT molecular complexity index is 676. The minimum absolute atomic E-state index is 0.0192. The third-order valence-electron chi connectivity index (χ3n) is 3.21. The Morgan fingerprint density at radius 3 is 2.54 bits per heavy atom. The van der Waals surface area contributed by atoms with Gasteiger partial charge in [0.25, 0.3) is 0 Å². The van der Waals surface area contributed by atoms with E-state index in [1.165, 1.54) is 0 Å². The summed E-state index contributed by atoms with van der Waals surface area (Å²) in [5, 5.41) is 0.538. The number of anilines is 1. The largest absolute Gasteiger partial charge is 0.463 e. The summed E-state index contributed by atoms with van der Waals surface area (Å²) in [4.78, 5) is 26.2. The molecule has 6 nitrogen and oxygen atoms in total. The van der Waals surface area contributed by atoms with Gasteiger partial charge >= 0.3 is 11.9 Å². The highest BCUT2D eigenvalue weighted by Crippen LogP contribution is 2.34. The molecule has 0 unspecified atom stereocenters. The highest BCUT2D eigenvalue weighted by atomic mass is 79.9. The third kappa shape index (κ3) is 4.09. The number of esters is 2. The lowest BCUT2D eigenvalue weighted by Crippen LogP contribution is -2.39. The van der Waals surface area contributed by atoms with Gasteiger partial charge in [0.1, 0.15) is 12.4 Å². The van der Waals surface area contributed by atoms with Crippen molar-refractivity contribution in [1.82, 2.24) is 0 Å². The van der Waals surface area contributed by atoms with Crippen molar-refractivity contribution < 1.29 is 23.8 Å². The molecule has 0 saturated heterocycles. The van der Waals surface area contributed by atoms with Crippen molar-refractivity contribution in [3.63, 3.8) is 0 Å². The summed E-state index contributed by atoms with van der Waals surface area (Å²) in [7, 11) is 0. The molecular formula is C16H17BrClNO5. The SMILES string of the molecule is CCOC(=O)C1=C(C(=O)OCC)N(c2ccc(Cl)cc2Br)COC1. The van der Waals surface area contributed by atoms with E-state index in [-0.39, 0.29) is 37.8 Å². The van der Waals surface area contributed by atoms with Gasteiger partial charge < -0.3 is 19.1 Å². The van der Waals surface area contributed by atoms with Gasteiger partial charge in [-0.15, -0.1) is 0 Å². The molecule has 130 valence electrons. The van der Waals surface area contributed by atoms with Crippen LogP contribution in [0.15, 0.2) is 33.9 Å². The number of halogens is 2. The molecule has 24 heavy (non-hydrogen) atoms. The van der Waals surface area contributed by atoms with E-state index in [0.29, 0.717) is 15.2 Å². The maximum Gasteiger partial charge on any atom is 0.355 e. The molecule has 2 rings (SSSR count). The van der Waals surface area contributed by atoms with E-state index in [0.717, 1.165) is 0 Å². The van der Waals surface area contributed by atoms with Gasteiger partial charge in [-0.25, -0.2) is 9.59 Å². The predicted octanol–water partition coefficient (Wildman–Crippen LogP) is 3.28. The Kier molecular flexibility index (Phi) is 6.65. The van der Waals surface area contributed by atoms with Crippen LogP contribution in [0.1, 0.15) is 13.8 Å². The molecule has 0 bridgehead atoms. The number of rotatable bonds is 5. The van der Waals surface area contributed by atoms with Gasteiger partial charge in [0.15, 0.2) is 0 Å². The van der Waals surface area contributed by atoms with Crippen LogP contribution in [0.3, 0.4) is 0 Å². The van der Waals surface area contributed by atoms with Crippen LogP contribution >= 0.6 is 27.5 Å². The Morgan fingerprint density at radius 1 is 1.25 bits per heavy atom. The minimum atomic E-state index is -0.606. The maximum absolute atomic E-state index is 12.5. The molecule has 1 aromatic carbocycles. The first kappa shape index (κ1) is 18.8. The van der Waals surface area contributed by atoms with E-state index in [1.807, 2.05) is 0 Å². The normalized spacial score (nSPS) is 14.6. The second-order valence-corrected chi connectivity index (χ2v) is 6.06. The van der Waals surface area contributed by atoms with E-state index in [4.69, 9.17) is 25.8 Å². The van der Waals surface area contributed by atoms with Gasteiger partial charge in [-0.05, 0) is 48.0 Å². The first-order valence-corrected chi connectivity index (χ1v) is 8.54. The van der Waals surface area contributed by atoms with Crippen LogP contribution in [-0.2, 0) is 23.8 Å². The zero-order valence-electron chi connectivity index (χ0n) is 13.3. The molecule has 0 saturated carbocycles. The molecule has 1 aromatic rings. The first-order chi connectivity index (χ1) is 11.5. The van der Waals surface area contributed by atoms with Gasteiger partial charge in [-0.2, -0.15) is 0 Å². The molecule has 0 aliphatic carbocycles. The van der Waals surface area contributed by atoms with Gasteiger partial charge in [0.05, 0.1) is 31.1 Å². The van der Waals surface area contributed by atoms with Gasteiger partial charge in [-0.3, -0.25) is 0 Å². The molecule has 0 amide bonds. The number of hydrogen-bond donors (Lipinski definition) is 0. The van der Waals surface area contributed by atoms with Crippen molar-refractivity contribution in [2.45, 2.75) is 13.8 Å². The van der Waals surface area contributed by atoms with E-state index in [2.05, 4.69) is 15.9 Å². The molecule has 0 spiro atoms. The smallest absolute Gasteiger partial charge is 0.355 e. The Balaban J connectivity index is 2.53. The highest BCUT2D eigenvalue weighted by Gasteiger charge is 2.33. The molecule has 1 aliphatic heterocycles. The highest BCUT2D eigenvalue weighted by molar-refractivity contribution is 9.10. The molecule has 1 heterocycles. The fourth-order valence-corrected chi connectivity index (χ4v) is 3.13. The summed E-state index contributed by atoms with van der Waals surface area (Å²) in [5.74, 6) is -1.21. The summed E-state index contributed by atoms with van der Waals surface area (Å²) in [6, 6.07) is 5.10. The van der Waals surface area contributed by atoms with Gasteiger partial charge in [-0.1, -0.05) is 11.6 Å². The monoisotopic (exact) mass is 417 g/mol. The quantitative estimate of drug-likeness (QED) is 0.684. The number of benzene rings is 1. The lowest BCUT2D eigenvalue weighted by molar-refractivity contribution is -0.143. The van der Waals surface area contributed by atoms with E-state index < -0.39 is 11.9 Å². The van der Waals surface area contributed by atoms with Crippen LogP contribution in [-0.4, -0.2) is 38.5 Å². The summed E-state index contributed by atoms with van der Waals surface area (Å²) in [5.41, 5.74) is 0.872. The number of carbonyl (C=O) groups excluding carboxylic acids is 2. The van der Waals surface area contributed by atoms with Crippen molar-refractivity contribution in [2.75, 3.05) is 31.5 Å². The Morgan fingerprint density at radius 2 is 1.92 bits per heavy atom. The van der Waals surface area contributed by atoms with Crippen molar-refractivity contribution in [3.05, 3.63) is 39.0 Å². The molecule has 8 heteroatoms. The second-order valence-electron chi connectivity index (χ2n) is 4.77. The third-order valence-corrected chi connectivity index (χ3v) is 4.08. The fourth-order valence-electron chi connectivity index (χ4n) is 2.23. The van der Waals surface area contributed by atoms with Crippen LogP contribution in [0, 0.1) is 0 Å². The average Bonchev–Trinajstić information content (AvgIpc) is 2.54. The molecule has 0 aromatic heterocycles. The lowest BCUT2D eigenvalue weighted by Gasteiger charge is -2.32. The zero-order chi connectivity index (χ0) is 17.7. The first-order valence-electron chi connectivity index (χ1n) is 7.37. The zero-order valence-corrected chi connectivity index (χ0v) is 15.6. The van der Waals surface area contributed by atoms with Crippen LogP contribution in [0.2, 0.25) is 5.02 Å². The van der Waals surface area contributed by atoms with Gasteiger partial charge in [0.2, 0.25) is 0 Å². The Hall–Kier alpha value is -1.57. The van der Waals surface area contributed by atoms with Gasteiger partial charge in [0, 0.05) is 9.50 Å². The minimum Gasteiger partial charge on any atom is -0.463 e. The number of hydrogen-bond acceptors (Lipinski definition) is 6. The van der Waals surface area contributed by atoms with Crippen molar-refractivity contribution >= 4 is 45.2 Å². The van der Waals surface area contributed by atoms with E-state index in [1.54, 1.807) is 36.9 Å². The number of nitrogens with zero attached hydrogens (tertiary/aromatic N) is 1. The standard InChI is InChI=1S/C16H17BrClNO5/c1-3-23-15(20)11-8-22-9-19(14(11)16(21)24-4-2)13-6-5-10(18)7-12(13)17/h5-7H,3-4,8-9H2,1-2H3. The van der Waals surface area contributed by atoms with Crippen molar-refractivity contribution in [1.29, 1.82) is 0 Å². The number of carbonyl (C=O) groups is 2. The van der Waals surface area contributed by atoms with Crippen molar-refractivity contribution in [2.24, 2.45) is 0 Å². The summed E-state index contributed by atoms with van der Waals surface area (Å²) < 4.78 is 16.3. The van der Waals surface area contributed by atoms with Crippen LogP contribution in [0.5, 0.6) is 0 Å². The molecule has 0 fully saturated rings. The van der Waals surface area contributed by atoms with Crippen molar-refractivity contribution in [3.8, 4) is 0 Å². The summed E-state index contributed by atoms with van der Waals surface area (Å²) >= 11 is 9.38. The predicted molar refractivity (Wildman–Crippen MR) is 92.7 cm³/mol. The van der Waals surface area contributed by atoms with Crippen LogP contribution in [0.4, 0.5) is 5.69 Å². The average molecular weight is 419 g/mol. The van der Waals surface area contributed by atoms with E-state index >= 15 is 0 Å². The Labute approximate surface area is 153 Å². The molecular weight excluding hydrogens is 402 g/mol. The summed E-state index contributed by atoms with van der Waals surface area (Å²) in [6.45, 7) is 3.86. The topological polar surface area (TPSA) is 65.1 Å². The maximum atomic E-state index is 12.5. The lowest BCUT2D eigenvalue weighted by atomic mass is 10.1. The molecule has 0 N–H and O–H groups in total. The summed E-state index contributed by atoms with van der Waals surface area (Å²) in [6.07, 6.45) is 0. The molecule has 0 radical (unpaired) electrons. The van der Waals surface area contributed by atoms with E-state index in [9.17, 15) is 9.59 Å². The molecule has 0 atom stereocenters. The second kappa shape index (κ2) is 8.50. The number of ether oxygens (including phenoxy) is 3. The van der Waals surface area contributed by atoms with Crippen LogP contribution < -0.4 is 4.90 Å². The molecule has 1 aliphatic rings. The van der Waals surface area contributed by atoms with Crippen LogP contribution in [0.25, 0.3) is 0 Å². The fraction of sp³-hybridized carbons (Fsp3) is 0.375.